The van der Waals surface area contributed by atoms with Crippen molar-refractivity contribution in [1.82, 2.24) is 19.7 Å². The lowest BCUT2D eigenvalue weighted by atomic mass is 10.2. The van der Waals surface area contributed by atoms with Gasteiger partial charge in [0.05, 0.1) is 23.2 Å². The molecule has 4 heterocycles. The lowest BCUT2D eigenvalue weighted by Crippen LogP contribution is -2.37. The molecule has 0 saturated carbocycles. The number of carbonyl (C=O) groups is 1. The molecule has 0 N–H and O–H groups in total. The zero-order chi connectivity index (χ0) is 21.0. The number of amides is 1. The van der Waals surface area contributed by atoms with Gasteiger partial charge in [0.2, 0.25) is 5.82 Å². The van der Waals surface area contributed by atoms with Gasteiger partial charge in [-0.15, -0.1) is 27.8 Å². The van der Waals surface area contributed by atoms with Crippen molar-refractivity contribution in [2.24, 2.45) is 0 Å². The molecule has 1 amide bonds. The zero-order valence-electron chi connectivity index (χ0n) is 16.9. The Morgan fingerprint density at radius 1 is 1.10 bits per heavy atom. The van der Waals surface area contributed by atoms with Crippen molar-refractivity contribution in [3.8, 4) is 16.4 Å². The van der Waals surface area contributed by atoms with Crippen LogP contribution in [0.15, 0.2) is 65.4 Å². The first-order valence-electron chi connectivity index (χ1n) is 10.3. The Balaban J connectivity index is 1.50. The van der Waals surface area contributed by atoms with Gasteiger partial charge in [0.25, 0.3) is 5.91 Å². The van der Waals surface area contributed by atoms with Crippen LogP contribution in [-0.2, 0) is 11.3 Å². The lowest BCUT2D eigenvalue weighted by Gasteiger charge is -2.23. The Hall–Kier alpha value is -2.81. The van der Waals surface area contributed by atoms with Gasteiger partial charge in [0.1, 0.15) is 0 Å². The number of para-hydroxylation sites is 1. The summed E-state index contributed by atoms with van der Waals surface area (Å²) in [4.78, 5) is 22.2. The van der Waals surface area contributed by atoms with Gasteiger partial charge in [-0.3, -0.25) is 4.79 Å². The minimum absolute atomic E-state index is 0.0666. The number of hydrogen-bond acceptors (Lipinski definition) is 6. The highest BCUT2D eigenvalue weighted by molar-refractivity contribution is 7.13. The summed E-state index contributed by atoms with van der Waals surface area (Å²) in [6, 6.07) is 17.8. The molecule has 6 nitrogen and oxygen atoms in total. The number of nitrogens with zero attached hydrogens (tertiary/aromatic N) is 4. The fraction of sp³-hybridized carbons (Fsp3) is 0.261. The molecule has 1 unspecified atom stereocenters. The molecule has 1 aliphatic rings. The maximum absolute atomic E-state index is 13.6. The second-order valence-corrected chi connectivity index (χ2v) is 9.36. The van der Waals surface area contributed by atoms with Crippen LogP contribution in [0.25, 0.3) is 16.4 Å². The van der Waals surface area contributed by atoms with Crippen molar-refractivity contribution in [1.29, 1.82) is 0 Å². The second-order valence-electron chi connectivity index (χ2n) is 7.38. The minimum Gasteiger partial charge on any atom is -0.376 e. The van der Waals surface area contributed by atoms with E-state index >= 15 is 0 Å². The summed E-state index contributed by atoms with van der Waals surface area (Å²) in [5.74, 6) is 0.718. The molecule has 1 aliphatic heterocycles. The Labute approximate surface area is 188 Å². The monoisotopic (exact) mass is 450 g/mol. The first kappa shape index (κ1) is 20.1. The summed E-state index contributed by atoms with van der Waals surface area (Å²) in [6.45, 7) is 1.84. The fourth-order valence-corrected chi connectivity index (χ4v) is 5.12. The number of hydrogen-bond donors (Lipinski definition) is 0. The maximum atomic E-state index is 13.6. The maximum Gasteiger partial charge on any atom is 0.293 e. The van der Waals surface area contributed by atoms with Crippen LogP contribution in [0.5, 0.6) is 0 Å². The van der Waals surface area contributed by atoms with Gasteiger partial charge in [0.15, 0.2) is 5.82 Å². The molecule has 1 atom stereocenters. The van der Waals surface area contributed by atoms with Crippen molar-refractivity contribution in [2.45, 2.75) is 25.5 Å². The van der Waals surface area contributed by atoms with Crippen LogP contribution in [0.4, 0.5) is 0 Å². The summed E-state index contributed by atoms with van der Waals surface area (Å²) in [7, 11) is 0. The van der Waals surface area contributed by atoms with E-state index in [4.69, 9.17) is 4.74 Å². The van der Waals surface area contributed by atoms with Gasteiger partial charge in [0, 0.05) is 18.0 Å². The standard InChI is InChI=1S/C23H22N4O2S2/c28-23(26(15-18-9-4-12-29-18)16-19-10-5-13-30-19)21-24-22(20-11-6-14-31-20)27(25-21)17-7-2-1-3-8-17/h1-3,5-8,10-11,13-14,18H,4,9,12,15-16H2. The Kier molecular flexibility index (Phi) is 5.93. The van der Waals surface area contributed by atoms with E-state index in [-0.39, 0.29) is 17.8 Å². The van der Waals surface area contributed by atoms with Crippen molar-refractivity contribution >= 4 is 28.6 Å². The number of thiophene rings is 2. The number of carbonyl (C=O) groups excluding carboxylic acids is 1. The van der Waals surface area contributed by atoms with E-state index in [2.05, 4.69) is 10.1 Å². The topological polar surface area (TPSA) is 60.2 Å². The highest BCUT2D eigenvalue weighted by Crippen LogP contribution is 2.26. The van der Waals surface area contributed by atoms with Crippen LogP contribution < -0.4 is 0 Å². The quantitative estimate of drug-likeness (QED) is 0.403. The average Bonchev–Trinajstić information content (AvgIpc) is 3.61. The molecule has 1 aromatic carbocycles. The van der Waals surface area contributed by atoms with Crippen LogP contribution in [0.2, 0.25) is 0 Å². The Morgan fingerprint density at radius 2 is 1.94 bits per heavy atom. The van der Waals surface area contributed by atoms with Gasteiger partial charge in [-0.1, -0.05) is 30.3 Å². The lowest BCUT2D eigenvalue weighted by molar-refractivity contribution is 0.0500. The van der Waals surface area contributed by atoms with E-state index in [9.17, 15) is 4.79 Å². The summed E-state index contributed by atoms with van der Waals surface area (Å²) < 4.78 is 7.57. The Morgan fingerprint density at radius 3 is 2.65 bits per heavy atom. The predicted octanol–water partition coefficient (Wildman–Crippen LogP) is 4.88. The molecule has 3 aromatic heterocycles. The van der Waals surface area contributed by atoms with Gasteiger partial charge in [-0.2, -0.15) is 0 Å². The molecule has 0 spiro atoms. The van der Waals surface area contributed by atoms with Crippen LogP contribution in [0, 0.1) is 0 Å². The molecule has 158 valence electrons. The molecule has 0 radical (unpaired) electrons. The zero-order valence-corrected chi connectivity index (χ0v) is 18.5. The normalized spacial score (nSPS) is 15.9. The number of rotatable bonds is 7. The van der Waals surface area contributed by atoms with Crippen molar-refractivity contribution in [3.05, 3.63) is 76.1 Å². The smallest absolute Gasteiger partial charge is 0.293 e. The van der Waals surface area contributed by atoms with E-state index in [1.807, 2.05) is 70.3 Å². The molecule has 1 fully saturated rings. The largest absolute Gasteiger partial charge is 0.376 e. The minimum atomic E-state index is -0.170. The first-order chi connectivity index (χ1) is 15.3. The van der Waals surface area contributed by atoms with E-state index < -0.39 is 0 Å². The number of benzene rings is 1. The second kappa shape index (κ2) is 9.13. The third-order valence-corrected chi connectivity index (χ3v) is 6.93. The number of ether oxygens (including phenoxy) is 1. The predicted molar refractivity (Wildman–Crippen MR) is 123 cm³/mol. The molecule has 8 heteroatoms. The third kappa shape index (κ3) is 4.46. The summed E-state index contributed by atoms with van der Waals surface area (Å²) in [5.41, 5.74) is 0.876. The molecule has 0 bridgehead atoms. The van der Waals surface area contributed by atoms with Gasteiger partial charge in [-0.05, 0) is 47.9 Å². The SMILES string of the molecule is O=C(c1nc(-c2cccs2)n(-c2ccccc2)n1)N(Cc1cccs1)CC1CCCO1. The fourth-order valence-electron chi connectivity index (χ4n) is 3.70. The molecule has 5 rings (SSSR count). The third-order valence-electron chi connectivity index (χ3n) is 5.20. The van der Waals surface area contributed by atoms with Gasteiger partial charge in [-0.25, -0.2) is 9.67 Å². The molecular weight excluding hydrogens is 428 g/mol. The highest BCUT2D eigenvalue weighted by atomic mass is 32.1. The summed E-state index contributed by atoms with van der Waals surface area (Å²) in [6.07, 6.45) is 2.08. The summed E-state index contributed by atoms with van der Waals surface area (Å²) in [5, 5.41) is 8.68. The molecule has 31 heavy (non-hydrogen) atoms. The number of aromatic nitrogens is 3. The van der Waals surface area contributed by atoms with E-state index in [1.54, 1.807) is 27.4 Å². The molecular formula is C23H22N4O2S2. The van der Waals surface area contributed by atoms with Gasteiger partial charge >= 0.3 is 0 Å². The van der Waals surface area contributed by atoms with Crippen molar-refractivity contribution in [2.75, 3.05) is 13.2 Å². The Bertz CT molecular complexity index is 1120. The van der Waals surface area contributed by atoms with E-state index in [0.29, 0.717) is 18.9 Å². The van der Waals surface area contributed by atoms with Gasteiger partial charge < -0.3 is 9.64 Å². The van der Waals surface area contributed by atoms with E-state index in [0.717, 1.165) is 34.9 Å². The van der Waals surface area contributed by atoms with E-state index in [1.165, 1.54) is 0 Å². The highest BCUT2D eigenvalue weighted by Gasteiger charge is 2.28. The van der Waals surface area contributed by atoms with Crippen LogP contribution in [-0.4, -0.2) is 44.8 Å². The van der Waals surface area contributed by atoms with Crippen molar-refractivity contribution < 1.29 is 9.53 Å². The van der Waals surface area contributed by atoms with Crippen LogP contribution >= 0.6 is 22.7 Å². The molecule has 4 aromatic rings. The molecule has 0 aliphatic carbocycles. The van der Waals surface area contributed by atoms with Crippen LogP contribution in [0.1, 0.15) is 28.3 Å². The van der Waals surface area contributed by atoms with Crippen molar-refractivity contribution in [3.63, 3.8) is 0 Å². The first-order valence-corrected chi connectivity index (χ1v) is 12.0. The van der Waals surface area contributed by atoms with Crippen LogP contribution in [0.3, 0.4) is 0 Å². The molecule has 1 saturated heterocycles. The average molecular weight is 451 g/mol. The summed E-state index contributed by atoms with van der Waals surface area (Å²) >= 11 is 3.23.